The van der Waals surface area contributed by atoms with Crippen molar-refractivity contribution in [1.82, 2.24) is 19.9 Å². The van der Waals surface area contributed by atoms with Gasteiger partial charge in [-0.25, -0.2) is 19.2 Å². The van der Waals surface area contributed by atoms with Gasteiger partial charge in [-0.3, -0.25) is 19.9 Å². The molecular weight excluding hydrogens is 576 g/mol. The molecule has 4 rings (SSSR count). The van der Waals surface area contributed by atoms with Crippen LogP contribution in [0.1, 0.15) is 41.4 Å². The Morgan fingerprint density at radius 1 is 0.591 bits per heavy atom. The van der Waals surface area contributed by atoms with E-state index in [2.05, 4.69) is 19.9 Å². The highest BCUT2D eigenvalue weighted by molar-refractivity contribution is 5.91. The van der Waals surface area contributed by atoms with Crippen molar-refractivity contribution in [1.29, 1.82) is 0 Å². The fourth-order valence-electron chi connectivity index (χ4n) is 3.77. The summed E-state index contributed by atoms with van der Waals surface area (Å²) >= 11 is 0. The Hall–Kier alpha value is -5.60. The van der Waals surface area contributed by atoms with Crippen LogP contribution in [0.5, 0.6) is 0 Å². The lowest BCUT2D eigenvalue weighted by Crippen LogP contribution is -2.52. The predicted octanol–water partition coefficient (Wildman–Crippen LogP) is 1.45. The summed E-state index contributed by atoms with van der Waals surface area (Å²) in [7, 11) is 0. The smallest absolute Gasteiger partial charge is 0.340 e. The summed E-state index contributed by atoms with van der Waals surface area (Å²) in [6.45, 7) is -1.68. The number of nitrogens with zero attached hydrogens (tertiary/aromatic N) is 4. The van der Waals surface area contributed by atoms with Crippen LogP contribution in [-0.4, -0.2) is 91.7 Å². The van der Waals surface area contributed by atoms with Crippen molar-refractivity contribution >= 4 is 23.9 Å². The fraction of sp³-hybridized carbons (Fsp3) is 0.200. The van der Waals surface area contributed by atoms with Gasteiger partial charge in [0.25, 0.3) is 0 Å². The molecule has 4 aromatic heterocycles. The first kappa shape index (κ1) is 31.3. The molecule has 44 heavy (non-hydrogen) atoms. The Balaban J connectivity index is 1.64. The molecule has 0 spiro atoms. The van der Waals surface area contributed by atoms with Crippen molar-refractivity contribution in [2.75, 3.05) is 13.2 Å². The Labute approximate surface area is 250 Å². The van der Waals surface area contributed by atoms with E-state index in [4.69, 9.17) is 18.9 Å². The SMILES string of the molecule is O=C(OC[C@@H](OC(=O)c1cccnc1)[C@@H](O)[C@H](OC(=O)c1cccnc1)[C@@H](CO)OC(=O)c1cccnc1)c1cccnc1. The third-order valence-corrected chi connectivity index (χ3v) is 5.99. The first-order chi connectivity index (χ1) is 21.4. The number of aliphatic hydroxyl groups is 2. The molecular formula is C30H26N4O10. The average molecular weight is 603 g/mol. The summed E-state index contributed by atoms with van der Waals surface area (Å²) < 4.78 is 21.7. The van der Waals surface area contributed by atoms with Crippen LogP contribution in [-0.2, 0) is 18.9 Å². The number of pyridine rings is 4. The molecule has 0 amide bonds. The first-order valence-corrected chi connectivity index (χ1v) is 13.1. The largest absolute Gasteiger partial charge is 0.458 e. The van der Waals surface area contributed by atoms with E-state index >= 15 is 0 Å². The van der Waals surface area contributed by atoms with Gasteiger partial charge in [0, 0.05) is 49.6 Å². The van der Waals surface area contributed by atoms with Crippen LogP contribution in [0.3, 0.4) is 0 Å². The van der Waals surface area contributed by atoms with Gasteiger partial charge in [-0.05, 0) is 48.5 Å². The number of ether oxygens (including phenoxy) is 4. The summed E-state index contributed by atoms with van der Waals surface area (Å²) in [6, 6.07) is 11.5. The molecule has 0 saturated carbocycles. The van der Waals surface area contributed by atoms with Crippen LogP contribution in [0, 0.1) is 0 Å². The highest BCUT2D eigenvalue weighted by atomic mass is 16.6. The van der Waals surface area contributed by atoms with Crippen molar-refractivity contribution in [2.45, 2.75) is 24.4 Å². The van der Waals surface area contributed by atoms with Gasteiger partial charge >= 0.3 is 23.9 Å². The summed E-state index contributed by atoms with van der Waals surface area (Å²) in [5, 5.41) is 21.7. The Morgan fingerprint density at radius 3 is 1.36 bits per heavy atom. The minimum Gasteiger partial charge on any atom is -0.458 e. The Kier molecular flexibility index (Phi) is 11.1. The third-order valence-electron chi connectivity index (χ3n) is 5.99. The van der Waals surface area contributed by atoms with Gasteiger partial charge in [0.1, 0.15) is 12.7 Å². The molecule has 14 nitrogen and oxygen atoms in total. The number of hydrogen-bond acceptors (Lipinski definition) is 14. The molecule has 0 saturated heterocycles. The van der Waals surface area contributed by atoms with Crippen LogP contribution < -0.4 is 0 Å². The fourth-order valence-corrected chi connectivity index (χ4v) is 3.77. The van der Waals surface area contributed by atoms with E-state index in [9.17, 15) is 29.4 Å². The zero-order valence-electron chi connectivity index (χ0n) is 22.9. The molecule has 0 radical (unpaired) electrons. The van der Waals surface area contributed by atoms with Gasteiger partial charge in [-0.1, -0.05) is 0 Å². The molecule has 0 fully saturated rings. The van der Waals surface area contributed by atoms with Crippen molar-refractivity contribution in [3.05, 3.63) is 120 Å². The molecule has 0 aliphatic rings. The summed E-state index contributed by atoms with van der Waals surface area (Å²) in [4.78, 5) is 66.9. The molecule has 14 heteroatoms. The summed E-state index contributed by atoms with van der Waals surface area (Å²) in [5.74, 6) is -3.80. The van der Waals surface area contributed by atoms with E-state index in [-0.39, 0.29) is 22.3 Å². The topological polar surface area (TPSA) is 197 Å². The quantitative estimate of drug-likeness (QED) is 0.165. The van der Waals surface area contributed by atoms with Crippen LogP contribution in [0.25, 0.3) is 0 Å². The van der Waals surface area contributed by atoms with E-state index in [1.165, 1.54) is 98.1 Å². The van der Waals surface area contributed by atoms with E-state index < -0.39 is 61.5 Å². The van der Waals surface area contributed by atoms with Gasteiger partial charge in [-0.15, -0.1) is 0 Å². The van der Waals surface area contributed by atoms with Gasteiger partial charge in [-0.2, -0.15) is 0 Å². The average Bonchev–Trinajstić information content (AvgIpc) is 3.08. The lowest BCUT2D eigenvalue weighted by atomic mass is 10.0. The maximum absolute atomic E-state index is 13.0. The number of aliphatic hydroxyl groups excluding tert-OH is 2. The first-order valence-electron chi connectivity index (χ1n) is 13.1. The van der Waals surface area contributed by atoms with Crippen LogP contribution >= 0.6 is 0 Å². The van der Waals surface area contributed by atoms with Crippen molar-refractivity contribution in [2.24, 2.45) is 0 Å². The van der Waals surface area contributed by atoms with Gasteiger partial charge < -0.3 is 29.2 Å². The minimum absolute atomic E-state index is 0.00253. The second kappa shape index (κ2) is 15.6. The normalized spacial score (nSPS) is 13.4. The molecule has 2 N–H and O–H groups in total. The number of esters is 4. The van der Waals surface area contributed by atoms with E-state index in [1.54, 1.807) is 0 Å². The Morgan fingerprint density at radius 2 is 0.977 bits per heavy atom. The Bertz CT molecular complexity index is 1530. The van der Waals surface area contributed by atoms with Gasteiger partial charge in [0.2, 0.25) is 0 Å². The number of aromatic nitrogens is 4. The van der Waals surface area contributed by atoms with Gasteiger partial charge in [0.05, 0.1) is 28.9 Å². The highest BCUT2D eigenvalue weighted by Crippen LogP contribution is 2.20. The molecule has 0 aliphatic heterocycles. The molecule has 0 bridgehead atoms. The maximum atomic E-state index is 13.0. The molecule has 0 unspecified atom stereocenters. The third kappa shape index (κ3) is 8.47. The molecule has 226 valence electrons. The van der Waals surface area contributed by atoms with E-state index in [0.717, 1.165) is 0 Å². The van der Waals surface area contributed by atoms with Crippen molar-refractivity contribution in [3.63, 3.8) is 0 Å². The lowest BCUT2D eigenvalue weighted by Gasteiger charge is -2.33. The van der Waals surface area contributed by atoms with Gasteiger partial charge in [0.15, 0.2) is 18.3 Å². The molecule has 0 aromatic carbocycles. The maximum Gasteiger partial charge on any atom is 0.340 e. The second-order valence-electron chi connectivity index (χ2n) is 9.00. The number of carbonyl (C=O) groups excluding carboxylic acids is 4. The summed E-state index contributed by atoms with van der Waals surface area (Å²) in [6.07, 6.45) is 3.31. The lowest BCUT2D eigenvalue weighted by molar-refractivity contribution is -0.134. The van der Waals surface area contributed by atoms with Crippen molar-refractivity contribution < 1.29 is 48.3 Å². The van der Waals surface area contributed by atoms with Crippen molar-refractivity contribution in [3.8, 4) is 0 Å². The van der Waals surface area contributed by atoms with Crippen LogP contribution in [0.2, 0.25) is 0 Å². The zero-order chi connectivity index (χ0) is 31.3. The summed E-state index contributed by atoms with van der Waals surface area (Å²) in [5.41, 5.74) is 0.0287. The number of rotatable bonds is 13. The monoisotopic (exact) mass is 602 g/mol. The predicted molar refractivity (Wildman–Crippen MR) is 148 cm³/mol. The molecule has 4 aromatic rings. The number of carbonyl (C=O) groups is 4. The molecule has 4 atom stereocenters. The second-order valence-corrected chi connectivity index (χ2v) is 9.00. The standard InChI is InChI=1S/C30H26N4O10/c35-17-23(42-28(38)20-6-2-10-32-14-20)26(44-30(40)22-8-4-12-34-16-22)25(36)24(43-29(39)21-7-3-11-33-15-21)18-41-27(37)19-5-1-9-31-13-19/h1-16,23-26,35-36H,17-18H2/t23-,24-,25-,26-/m1/s1. The zero-order valence-corrected chi connectivity index (χ0v) is 22.9. The van der Waals surface area contributed by atoms with Crippen LogP contribution in [0.15, 0.2) is 98.1 Å². The van der Waals surface area contributed by atoms with Crippen LogP contribution in [0.4, 0.5) is 0 Å². The molecule has 4 heterocycles. The number of hydrogen-bond donors (Lipinski definition) is 2. The molecule has 0 aliphatic carbocycles. The van der Waals surface area contributed by atoms with E-state index in [0.29, 0.717) is 0 Å². The van der Waals surface area contributed by atoms with E-state index in [1.807, 2.05) is 0 Å². The highest BCUT2D eigenvalue weighted by Gasteiger charge is 2.42. The minimum atomic E-state index is -2.02.